The second-order valence-corrected chi connectivity index (χ2v) is 3.10. The Balaban J connectivity index is 2.76. The van der Waals surface area contributed by atoms with Crippen molar-refractivity contribution < 1.29 is 9.84 Å². The maximum Gasteiger partial charge on any atom is 0.321 e. The number of methoxy groups -OCH3 is 1. The van der Waals surface area contributed by atoms with Gasteiger partial charge in [0.15, 0.2) is 5.16 Å². The standard InChI is InChI=1S/C6H10N4O2S/c1-12-5-8-4(7)9-6(10-5)13-3-2-11/h11H,2-3H2,1H3,(H2,7,8,9,10). The van der Waals surface area contributed by atoms with Gasteiger partial charge in [-0.3, -0.25) is 0 Å². The topological polar surface area (TPSA) is 94.2 Å². The third-order valence-electron chi connectivity index (χ3n) is 1.12. The number of nitrogens with zero attached hydrogens (tertiary/aromatic N) is 3. The van der Waals surface area contributed by atoms with Gasteiger partial charge in [-0.15, -0.1) is 0 Å². The molecule has 0 aliphatic carbocycles. The molecular formula is C6H10N4O2S. The first-order valence-corrected chi connectivity index (χ1v) is 4.54. The normalized spacial score (nSPS) is 10.0. The van der Waals surface area contributed by atoms with Crippen LogP contribution in [0.1, 0.15) is 0 Å². The van der Waals surface area contributed by atoms with E-state index in [0.29, 0.717) is 10.9 Å². The summed E-state index contributed by atoms with van der Waals surface area (Å²) >= 11 is 1.29. The molecule has 0 amide bonds. The minimum Gasteiger partial charge on any atom is -0.467 e. The first kappa shape index (κ1) is 10.0. The van der Waals surface area contributed by atoms with Crippen LogP contribution in [0.4, 0.5) is 5.95 Å². The first-order chi connectivity index (χ1) is 6.26. The van der Waals surface area contributed by atoms with Crippen molar-refractivity contribution >= 4 is 17.7 Å². The number of thioether (sulfide) groups is 1. The van der Waals surface area contributed by atoms with Gasteiger partial charge in [-0.05, 0) is 0 Å². The van der Waals surface area contributed by atoms with Gasteiger partial charge in [0.2, 0.25) is 5.95 Å². The molecule has 0 atom stereocenters. The zero-order valence-corrected chi connectivity index (χ0v) is 7.91. The van der Waals surface area contributed by atoms with Gasteiger partial charge in [0.1, 0.15) is 0 Å². The number of aliphatic hydroxyl groups excluding tert-OH is 1. The Kier molecular flexibility index (Phi) is 3.71. The van der Waals surface area contributed by atoms with E-state index in [1.165, 1.54) is 18.9 Å². The van der Waals surface area contributed by atoms with Crippen LogP contribution in [0.2, 0.25) is 0 Å². The van der Waals surface area contributed by atoms with Crippen molar-refractivity contribution in [3.63, 3.8) is 0 Å². The lowest BCUT2D eigenvalue weighted by molar-refractivity contribution is 0.322. The summed E-state index contributed by atoms with van der Waals surface area (Å²) in [5.41, 5.74) is 5.39. The molecular weight excluding hydrogens is 192 g/mol. The van der Waals surface area contributed by atoms with Gasteiger partial charge >= 0.3 is 6.01 Å². The van der Waals surface area contributed by atoms with E-state index >= 15 is 0 Å². The molecule has 1 rings (SSSR count). The molecule has 1 aromatic heterocycles. The van der Waals surface area contributed by atoms with Gasteiger partial charge in [0, 0.05) is 5.75 Å². The molecule has 0 saturated heterocycles. The molecule has 1 heterocycles. The van der Waals surface area contributed by atoms with E-state index in [4.69, 9.17) is 15.6 Å². The van der Waals surface area contributed by atoms with Crippen LogP contribution in [0.3, 0.4) is 0 Å². The van der Waals surface area contributed by atoms with Crippen molar-refractivity contribution in [1.82, 2.24) is 15.0 Å². The number of rotatable bonds is 4. The monoisotopic (exact) mass is 202 g/mol. The summed E-state index contributed by atoms with van der Waals surface area (Å²) < 4.78 is 4.80. The molecule has 6 nitrogen and oxygen atoms in total. The van der Waals surface area contributed by atoms with Gasteiger partial charge in [0.05, 0.1) is 13.7 Å². The van der Waals surface area contributed by atoms with E-state index in [-0.39, 0.29) is 18.6 Å². The number of nitrogen functional groups attached to an aromatic ring is 1. The zero-order chi connectivity index (χ0) is 9.68. The highest BCUT2D eigenvalue weighted by Crippen LogP contribution is 2.15. The fraction of sp³-hybridized carbons (Fsp3) is 0.500. The minimum atomic E-state index is 0.0680. The highest BCUT2D eigenvalue weighted by molar-refractivity contribution is 7.99. The Bertz CT molecular complexity index is 283. The van der Waals surface area contributed by atoms with Crippen molar-refractivity contribution in [3.8, 4) is 6.01 Å². The number of nitrogens with two attached hydrogens (primary N) is 1. The lowest BCUT2D eigenvalue weighted by Crippen LogP contribution is -2.02. The van der Waals surface area contributed by atoms with E-state index in [1.807, 2.05) is 0 Å². The molecule has 0 aromatic carbocycles. The zero-order valence-electron chi connectivity index (χ0n) is 7.10. The lowest BCUT2D eigenvalue weighted by Gasteiger charge is -2.01. The van der Waals surface area contributed by atoms with E-state index in [0.717, 1.165) is 0 Å². The molecule has 0 radical (unpaired) electrons. The molecule has 72 valence electrons. The van der Waals surface area contributed by atoms with Gasteiger partial charge in [-0.1, -0.05) is 11.8 Å². The summed E-state index contributed by atoms with van der Waals surface area (Å²) in [5, 5.41) is 9.03. The summed E-state index contributed by atoms with van der Waals surface area (Å²) in [6, 6.07) is 0.188. The largest absolute Gasteiger partial charge is 0.467 e. The predicted octanol–water partition coefficient (Wildman–Crippen LogP) is -0.453. The number of ether oxygens (including phenoxy) is 1. The van der Waals surface area contributed by atoms with Crippen LogP contribution in [0.25, 0.3) is 0 Å². The fourth-order valence-corrected chi connectivity index (χ4v) is 1.22. The Labute approximate surface area is 79.6 Å². The highest BCUT2D eigenvalue weighted by atomic mass is 32.2. The summed E-state index contributed by atoms with van der Waals surface area (Å²) in [6.45, 7) is 0.0680. The minimum absolute atomic E-state index is 0.0680. The van der Waals surface area contributed by atoms with Crippen LogP contribution in [-0.2, 0) is 0 Å². The maximum absolute atomic E-state index is 8.57. The molecule has 0 bridgehead atoms. The molecule has 0 aliphatic rings. The molecule has 1 aromatic rings. The van der Waals surface area contributed by atoms with Crippen molar-refractivity contribution in [2.45, 2.75) is 5.16 Å². The van der Waals surface area contributed by atoms with E-state index < -0.39 is 0 Å². The molecule has 7 heteroatoms. The average molecular weight is 202 g/mol. The quantitative estimate of drug-likeness (QED) is 0.638. The Morgan fingerprint density at radius 1 is 1.46 bits per heavy atom. The summed E-state index contributed by atoms with van der Waals surface area (Å²) in [7, 11) is 1.45. The van der Waals surface area contributed by atoms with Crippen molar-refractivity contribution in [3.05, 3.63) is 0 Å². The molecule has 0 spiro atoms. The number of aromatic nitrogens is 3. The molecule has 0 saturated carbocycles. The van der Waals surface area contributed by atoms with E-state index in [1.54, 1.807) is 0 Å². The molecule has 13 heavy (non-hydrogen) atoms. The number of hydrogen-bond donors (Lipinski definition) is 2. The van der Waals surface area contributed by atoms with Gasteiger partial charge in [-0.25, -0.2) is 0 Å². The van der Waals surface area contributed by atoms with Crippen LogP contribution in [0.15, 0.2) is 5.16 Å². The van der Waals surface area contributed by atoms with E-state index in [9.17, 15) is 0 Å². The lowest BCUT2D eigenvalue weighted by atomic mass is 10.9. The summed E-state index contributed by atoms with van der Waals surface area (Å²) in [6.07, 6.45) is 0. The van der Waals surface area contributed by atoms with Crippen LogP contribution in [-0.4, -0.2) is 39.5 Å². The van der Waals surface area contributed by atoms with Crippen LogP contribution >= 0.6 is 11.8 Å². The second-order valence-electron chi connectivity index (χ2n) is 2.03. The third-order valence-corrected chi connectivity index (χ3v) is 1.94. The van der Waals surface area contributed by atoms with Crippen LogP contribution in [0, 0.1) is 0 Å². The van der Waals surface area contributed by atoms with Gasteiger partial charge < -0.3 is 15.6 Å². The van der Waals surface area contributed by atoms with Crippen LogP contribution in [0.5, 0.6) is 6.01 Å². The summed E-state index contributed by atoms with van der Waals surface area (Å²) in [4.78, 5) is 11.5. The van der Waals surface area contributed by atoms with Gasteiger partial charge in [-0.2, -0.15) is 15.0 Å². The number of aliphatic hydroxyl groups is 1. The van der Waals surface area contributed by atoms with Crippen molar-refractivity contribution in [1.29, 1.82) is 0 Å². The predicted molar refractivity (Wildman–Crippen MR) is 48.6 cm³/mol. The van der Waals surface area contributed by atoms with Crippen LogP contribution < -0.4 is 10.5 Å². The van der Waals surface area contributed by atoms with Gasteiger partial charge in [0.25, 0.3) is 0 Å². The average Bonchev–Trinajstić information content (AvgIpc) is 2.14. The third kappa shape index (κ3) is 3.03. The number of anilines is 1. The molecule has 0 unspecified atom stereocenters. The van der Waals surface area contributed by atoms with E-state index in [2.05, 4.69) is 15.0 Å². The molecule has 0 aliphatic heterocycles. The smallest absolute Gasteiger partial charge is 0.321 e. The Morgan fingerprint density at radius 3 is 2.85 bits per heavy atom. The molecule has 0 fully saturated rings. The fourth-order valence-electron chi connectivity index (χ4n) is 0.646. The highest BCUT2D eigenvalue weighted by Gasteiger charge is 2.03. The number of hydrogen-bond acceptors (Lipinski definition) is 7. The summed E-state index contributed by atoms with van der Waals surface area (Å²) in [5.74, 6) is 0.638. The maximum atomic E-state index is 8.57. The molecule has 3 N–H and O–H groups in total. The Morgan fingerprint density at radius 2 is 2.23 bits per heavy atom. The SMILES string of the molecule is COc1nc(N)nc(SCCO)n1. The Hall–Kier alpha value is -1.08. The van der Waals surface area contributed by atoms with Crippen molar-refractivity contribution in [2.24, 2.45) is 0 Å². The second kappa shape index (κ2) is 4.83. The first-order valence-electron chi connectivity index (χ1n) is 3.55. The van der Waals surface area contributed by atoms with Crippen molar-refractivity contribution in [2.75, 3.05) is 25.2 Å².